The number of rotatable bonds is 8. The Hall–Kier alpha value is -2.28. The largest absolute Gasteiger partial charge is 0.493 e. The van der Waals surface area contributed by atoms with Gasteiger partial charge in [0, 0.05) is 32.1 Å². The molecule has 1 saturated carbocycles. The van der Waals surface area contributed by atoms with Crippen molar-refractivity contribution >= 4 is 23.0 Å². The Morgan fingerprint density at radius 1 is 1.32 bits per heavy atom. The molecule has 2 aliphatic rings. The summed E-state index contributed by atoms with van der Waals surface area (Å²) in [6, 6.07) is 6.55. The van der Waals surface area contributed by atoms with Crippen molar-refractivity contribution in [1.29, 1.82) is 0 Å². The molecule has 1 saturated heterocycles. The molecule has 1 aliphatic carbocycles. The number of aromatic nitrogens is 1. The van der Waals surface area contributed by atoms with Crippen molar-refractivity contribution in [2.75, 3.05) is 31.2 Å². The van der Waals surface area contributed by atoms with E-state index < -0.39 is 0 Å². The zero-order chi connectivity index (χ0) is 19.5. The zero-order valence-electron chi connectivity index (χ0n) is 16.6. The van der Waals surface area contributed by atoms with Crippen LogP contribution in [-0.2, 0) is 9.53 Å². The van der Waals surface area contributed by atoms with Crippen LogP contribution in [0.2, 0.25) is 0 Å². The number of nitrogens with one attached hydrogen (secondary N) is 1. The molecule has 152 valence electrons. The van der Waals surface area contributed by atoms with Crippen molar-refractivity contribution in [2.45, 2.75) is 51.7 Å². The first-order chi connectivity index (χ1) is 13.6. The second kappa shape index (κ2) is 8.39. The van der Waals surface area contributed by atoms with Crippen molar-refractivity contribution in [1.82, 2.24) is 10.3 Å². The van der Waals surface area contributed by atoms with E-state index >= 15 is 0 Å². The Labute approximate surface area is 165 Å². The van der Waals surface area contributed by atoms with Crippen LogP contribution < -0.4 is 15.0 Å². The number of oxazole rings is 1. The lowest BCUT2D eigenvalue weighted by molar-refractivity contribution is -0.120. The van der Waals surface area contributed by atoms with Crippen LogP contribution in [0.5, 0.6) is 5.75 Å². The van der Waals surface area contributed by atoms with E-state index in [0.29, 0.717) is 12.6 Å². The normalized spacial score (nSPS) is 19.0. The molecular weight excluding hydrogens is 358 g/mol. The summed E-state index contributed by atoms with van der Waals surface area (Å²) in [6.07, 6.45) is 4.60. The van der Waals surface area contributed by atoms with Crippen LogP contribution in [0, 0.1) is 5.92 Å². The van der Waals surface area contributed by atoms with Crippen LogP contribution in [0.4, 0.5) is 6.01 Å². The maximum Gasteiger partial charge on any atom is 0.298 e. The van der Waals surface area contributed by atoms with Gasteiger partial charge in [-0.05, 0) is 50.7 Å². The minimum absolute atomic E-state index is 0.0250. The summed E-state index contributed by atoms with van der Waals surface area (Å²) in [5.74, 6) is 1.57. The Morgan fingerprint density at radius 3 is 2.82 bits per heavy atom. The molecule has 1 amide bonds. The molecule has 1 aromatic carbocycles. The predicted octanol–water partition coefficient (Wildman–Crippen LogP) is 3.13. The molecule has 1 aliphatic heterocycles. The number of anilines is 1. The number of nitrogens with zero attached hydrogens (tertiary/aromatic N) is 2. The molecule has 7 nitrogen and oxygen atoms in total. The van der Waals surface area contributed by atoms with Crippen LogP contribution >= 0.6 is 0 Å². The average Bonchev–Trinajstić information content (AvgIpc) is 3.41. The molecule has 2 aromatic rings. The van der Waals surface area contributed by atoms with E-state index in [1.54, 1.807) is 0 Å². The second-order valence-electron chi connectivity index (χ2n) is 8.00. The monoisotopic (exact) mass is 387 g/mol. The maximum absolute atomic E-state index is 11.1. The first-order valence-corrected chi connectivity index (χ1v) is 10.2. The summed E-state index contributed by atoms with van der Waals surface area (Å²) in [7, 11) is 0. The Morgan fingerprint density at radius 2 is 2.11 bits per heavy atom. The van der Waals surface area contributed by atoms with Gasteiger partial charge in [0.2, 0.25) is 5.91 Å². The van der Waals surface area contributed by atoms with Crippen LogP contribution in [0.25, 0.3) is 11.1 Å². The van der Waals surface area contributed by atoms with Crippen LogP contribution in [0.1, 0.15) is 39.5 Å². The Kier molecular flexibility index (Phi) is 5.71. The number of benzene rings is 1. The summed E-state index contributed by atoms with van der Waals surface area (Å²) in [5.41, 5.74) is 1.63. The Balaban J connectivity index is 1.29. The summed E-state index contributed by atoms with van der Waals surface area (Å²) >= 11 is 0. The number of ether oxygens (including phenoxy) is 2. The van der Waals surface area contributed by atoms with Gasteiger partial charge in [0.05, 0.1) is 19.3 Å². The van der Waals surface area contributed by atoms with E-state index in [9.17, 15) is 4.79 Å². The van der Waals surface area contributed by atoms with E-state index in [1.165, 1.54) is 19.8 Å². The average molecular weight is 387 g/mol. The van der Waals surface area contributed by atoms with Gasteiger partial charge >= 0.3 is 0 Å². The van der Waals surface area contributed by atoms with E-state index in [0.717, 1.165) is 55.3 Å². The van der Waals surface area contributed by atoms with E-state index in [4.69, 9.17) is 13.9 Å². The van der Waals surface area contributed by atoms with Gasteiger partial charge in [0.15, 0.2) is 5.58 Å². The lowest BCUT2D eigenvalue weighted by atomic mass is 10.1. The van der Waals surface area contributed by atoms with Crippen LogP contribution in [0.15, 0.2) is 22.6 Å². The smallest absolute Gasteiger partial charge is 0.298 e. The van der Waals surface area contributed by atoms with Gasteiger partial charge in [-0.3, -0.25) is 4.79 Å². The van der Waals surface area contributed by atoms with E-state index in [2.05, 4.69) is 15.2 Å². The van der Waals surface area contributed by atoms with Crippen LogP contribution in [-0.4, -0.2) is 49.3 Å². The summed E-state index contributed by atoms with van der Waals surface area (Å²) in [6.45, 7) is 6.50. The first kappa shape index (κ1) is 19.1. The molecule has 28 heavy (non-hydrogen) atoms. The minimum Gasteiger partial charge on any atom is -0.493 e. The molecule has 2 heterocycles. The van der Waals surface area contributed by atoms with Gasteiger partial charge in [-0.2, -0.15) is 4.98 Å². The lowest BCUT2D eigenvalue weighted by Crippen LogP contribution is -2.40. The minimum atomic E-state index is -0.0250. The van der Waals surface area contributed by atoms with Crippen molar-refractivity contribution in [2.24, 2.45) is 5.92 Å². The molecule has 0 spiro atoms. The van der Waals surface area contributed by atoms with Crippen molar-refractivity contribution in [3.8, 4) is 5.75 Å². The van der Waals surface area contributed by atoms with Gasteiger partial charge in [-0.1, -0.05) is 0 Å². The molecule has 0 bridgehead atoms. The number of amides is 1. The highest BCUT2D eigenvalue weighted by Gasteiger charge is 2.24. The number of hydrogen-bond acceptors (Lipinski definition) is 6. The van der Waals surface area contributed by atoms with Gasteiger partial charge in [0.25, 0.3) is 6.01 Å². The summed E-state index contributed by atoms with van der Waals surface area (Å²) < 4.78 is 17.7. The van der Waals surface area contributed by atoms with E-state index in [-0.39, 0.29) is 18.1 Å². The zero-order valence-corrected chi connectivity index (χ0v) is 16.6. The molecule has 4 rings (SSSR count). The molecule has 7 heteroatoms. The van der Waals surface area contributed by atoms with Crippen molar-refractivity contribution < 1.29 is 18.7 Å². The number of hydrogen-bond donors (Lipinski definition) is 1. The fourth-order valence-corrected chi connectivity index (χ4v) is 3.50. The van der Waals surface area contributed by atoms with Crippen molar-refractivity contribution in [3.05, 3.63) is 18.2 Å². The van der Waals surface area contributed by atoms with Crippen LogP contribution in [0.3, 0.4) is 0 Å². The second-order valence-corrected chi connectivity index (χ2v) is 8.00. The first-order valence-electron chi connectivity index (χ1n) is 10.2. The third-order valence-corrected chi connectivity index (χ3v) is 5.27. The molecule has 1 N–H and O–H groups in total. The molecule has 2 fully saturated rings. The number of fused-ring (bicyclic) bond motifs is 1. The number of carbonyl (C=O) groups excluding carboxylic acids is 1. The predicted molar refractivity (Wildman–Crippen MR) is 107 cm³/mol. The van der Waals surface area contributed by atoms with Gasteiger partial charge in [0.1, 0.15) is 11.3 Å². The molecule has 0 unspecified atom stereocenters. The topological polar surface area (TPSA) is 76.8 Å². The standard InChI is InChI=1S/C21H29N3O4/c1-14(22-15(2)25)12-26-17-7-9-24(10-8-17)21-23-19-11-18(5-6-20(19)28-21)27-13-16-3-4-16/h5-6,11,14,16-17H,3-4,7-10,12-13H2,1-2H3,(H,22,25)/t14-/m0/s1. The van der Waals surface area contributed by atoms with E-state index in [1.807, 2.05) is 25.1 Å². The highest BCUT2D eigenvalue weighted by molar-refractivity contribution is 5.76. The molecule has 0 radical (unpaired) electrons. The number of carbonyl (C=O) groups is 1. The Bertz CT molecular complexity index is 809. The molecule has 1 atom stereocenters. The van der Waals surface area contributed by atoms with Gasteiger partial charge < -0.3 is 24.1 Å². The van der Waals surface area contributed by atoms with Gasteiger partial charge in [-0.15, -0.1) is 0 Å². The maximum atomic E-state index is 11.1. The highest BCUT2D eigenvalue weighted by Crippen LogP contribution is 2.31. The summed E-state index contributed by atoms with van der Waals surface area (Å²) in [5, 5.41) is 2.85. The highest BCUT2D eigenvalue weighted by atomic mass is 16.5. The fourth-order valence-electron chi connectivity index (χ4n) is 3.50. The van der Waals surface area contributed by atoms with Crippen molar-refractivity contribution in [3.63, 3.8) is 0 Å². The third kappa shape index (κ3) is 4.95. The molecular formula is C21H29N3O4. The lowest BCUT2D eigenvalue weighted by Gasteiger charge is -2.31. The SMILES string of the molecule is CC(=O)N[C@@H](C)COC1CCN(c2nc3cc(OCC4CC4)ccc3o2)CC1. The third-order valence-electron chi connectivity index (χ3n) is 5.27. The molecule has 1 aromatic heterocycles. The number of piperidine rings is 1. The summed E-state index contributed by atoms with van der Waals surface area (Å²) in [4.78, 5) is 17.9. The fraction of sp³-hybridized carbons (Fsp3) is 0.619. The van der Waals surface area contributed by atoms with Gasteiger partial charge in [-0.25, -0.2) is 0 Å². The quantitative estimate of drug-likeness (QED) is 0.750.